The minimum atomic E-state index is -1.01. The van der Waals surface area contributed by atoms with Crippen LogP contribution >= 0.6 is 0 Å². The molecule has 3 aliphatic rings. The number of hydrogen-bond acceptors (Lipinski definition) is 3. The predicted octanol–water partition coefficient (Wildman–Crippen LogP) is 4.46. The zero-order chi connectivity index (χ0) is 20.4. The second-order valence-electron chi connectivity index (χ2n) is 10.2. The molecule has 0 spiro atoms. The van der Waals surface area contributed by atoms with E-state index in [2.05, 4.69) is 32.1 Å². The van der Waals surface area contributed by atoms with Gasteiger partial charge in [-0.1, -0.05) is 38.1 Å². The van der Waals surface area contributed by atoms with Gasteiger partial charge in [-0.25, -0.2) is 0 Å². The molecule has 1 saturated heterocycles. The number of carbonyl (C=O) groups excluding carboxylic acids is 1. The van der Waals surface area contributed by atoms with E-state index < -0.39 is 22.7 Å². The van der Waals surface area contributed by atoms with Gasteiger partial charge in [0, 0.05) is 18.4 Å². The van der Waals surface area contributed by atoms with Crippen molar-refractivity contribution in [1.29, 1.82) is 0 Å². The van der Waals surface area contributed by atoms with Crippen LogP contribution in [0.15, 0.2) is 36.4 Å². The summed E-state index contributed by atoms with van der Waals surface area (Å²) in [4.78, 5) is 12.1. The maximum Gasteiger partial charge on any atom is 0.249 e. The number of fused-ring (bicyclic) bond motifs is 2. The molecule has 2 aliphatic heterocycles. The Hall–Kier alpha value is -1.91. The molecule has 1 aromatic carbocycles. The first-order valence-electron chi connectivity index (χ1n) is 10.2. The van der Waals surface area contributed by atoms with Crippen molar-refractivity contribution < 1.29 is 14.6 Å². The summed E-state index contributed by atoms with van der Waals surface area (Å²) in [5.74, 6) is -0.424. The Bertz CT molecular complexity index is 877. The van der Waals surface area contributed by atoms with Crippen LogP contribution in [-0.4, -0.2) is 22.2 Å². The van der Waals surface area contributed by atoms with Gasteiger partial charge in [0.2, 0.25) is 5.91 Å². The minimum absolute atomic E-state index is 0.279. The van der Waals surface area contributed by atoms with Crippen LogP contribution < -0.4 is 5.73 Å². The Morgan fingerprint density at radius 3 is 2.29 bits per heavy atom. The van der Waals surface area contributed by atoms with Crippen molar-refractivity contribution >= 4 is 11.5 Å². The van der Waals surface area contributed by atoms with Crippen molar-refractivity contribution in [3.63, 3.8) is 0 Å². The number of ether oxygens (including phenoxy) is 1. The molecule has 1 aromatic rings. The fourth-order valence-electron chi connectivity index (χ4n) is 5.21. The van der Waals surface area contributed by atoms with Crippen molar-refractivity contribution in [2.45, 2.75) is 76.6 Å². The van der Waals surface area contributed by atoms with E-state index in [1.165, 1.54) is 0 Å². The molecular weight excluding hydrogens is 350 g/mol. The van der Waals surface area contributed by atoms with Crippen LogP contribution in [0.5, 0.6) is 0 Å². The summed E-state index contributed by atoms with van der Waals surface area (Å²) in [5, 5.41) is 11.6. The Morgan fingerprint density at radius 1 is 1.11 bits per heavy atom. The van der Waals surface area contributed by atoms with E-state index in [0.29, 0.717) is 18.4 Å². The summed E-state index contributed by atoms with van der Waals surface area (Å²) in [6.45, 7) is 8.56. The average molecular weight is 382 g/mol. The number of allylic oxidation sites excluding steroid dienone is 2. The van der Waals surface area contributed by atoms with Crippen molar-refractivity contribution in [3.05, 3.63) is 53.1 Å². The lowest BCUT2D eigenvalue weighted by Gasteiger charge is -2.46. The van der Waals surface area contributed by atoms with Gasteiger partial charge in [-0.3, -0.25) is 4.79 Å². The van der Waals surface area contributed by atoms with E-state index in [1.54, 1.807) is 6.07 Å². The molecule has 4 heteroatoms. The molecule has 2 heterocycles. The molecule has 28 heavy (non-hydrogen) atoms. The van der Waals surface area contributed by atoms with Crippen LogP contribution in [0.2, 0.25) is 0 Å². The maximum atomic E-state index is 12.1. The summed E-state index contributed by atoms with van der Waals surface area (Å²) in [7, 11) is 0. The SMILES string of the molecule is CC1(C)CC=C(c2cc(C3(O)CC4(C)C=CC(C)(C3)O4)ccc2C(N)=O)CC1. The van der Waals surface area contributed by atoms with Crippen molar-refractivity contribution in [1.82, 2.24) is 0 Å². The zero-order valence-electron chi connectivity index (χ0n) is 17.3. The third kappa shape index (κ3) is 3.33. The van der Waals surface area contributed by atoms with Gasteiger partial charge in [0.05, 0.1) is 16.8 Å². The number of nitrogens with two attached hydrogens (primary N) is 1. The second kappa shape index (κ2) is 6.04. The molecule has 0 saturated carbocycles. The lowest BCUT2D eigenvalue weighted by atomic mass is 9.73. The molecule has 0 aromatic heterocycles. The first-order valence-corrected chi connectivity index (χ1v) is 10.2. The molecule has 2 unspecified atom stereocenters. The zero-order valence-corrected chi connectivity index (χ0v) is 17.3. The van der Waals surface area contributed by atoms with E-state index in [1.807, 2.05) is 26.0 Å². The smallest absolute Gasteiger partial charge is 0.249 e. The molecule has 1 aliphatic carbocycles. The monoisotopic (exact) mass is 381 g/mol. The summed E-state index contributed by atoms with van der Waals surface area (Å²) >= 11 is 0. The third-order valence-corrected chi connectivity index (χ3v) is 6.68. The van der Waals surface area contributed by atoms with Gasteiger partial charge in [0.15, 0.2) is 0 Å². The molecule has 0 radical (unpaired) electrons. The summed E-state index contributed by atoms with van der Waals surface area (Å²) < 4.78 is 6.16. The number of rotatable bonds is 3. The molecule has 2 atom stereocenters. The number of hydrogen-bond donors (Lipinski definition) is 2. The number of amides is 1. The molecule has 4 nitrogen and oxygen atoms in total. The summed E-state index contributed by atoms with van der Waals surface area (Å²) in [6.07, 6.45) is 10.3. The van der Waals surface area contributed by atoms with E-state index >= 15 is 0 Å². The molecular formula is C24H31NO3. The molecule has 3 N–H and O–H groups in total. The molecule has 4 rings (SSSR count). The van der Waals surface area contributed by atoms with Crippen LogP contribution in [0.3, 0.4) is 0 Å². The Morgan fingerprint density at radius 2 is 1.75 bits per heavy atom. The second-order valence-corrected chi connectivity index (χ2v) is 10.2. The van der Waals surface area contributed by atoms with Crippen LogP contribution in [0.1, 0.15) is 81.3 Å². The molecule has 1 fully saturated rings. The van der Waals surface area contributed by atoms with Crippen LogP contribution in [0, 0.1) is 5.41 Å². The average Bonchev–Trinajstić information content (AvgIpc) is 2.82. The highest BCUT2D eigenvalue weighted by atomic mass is 16.5. The quantitative estimate of drug-likeness (QED) is 0.759. The molecule has 2 bridgehead atoms. The highest BCUT2D eigenvalue weighted by Crippen LogP contribution is 2.51. The standard InChI is InChI=1S/C24H31NO3/c1-21(2)9-7-16(8-10-21)19-13-17(5-6-18(19)20(25)26)24(27)14-22(3)11-12-23(4,15-24)28-22/h5-7,11-13,27H,8-10,14-15H2,1-4H3,(H2,25,26). The summed E-state index contributed by atoms with van der Waals surface area (Å²) in [5.41, 5.74) is 7.39. The fourth-order valence-corrected chi connectivity index (χ4v) is 5.21. The normalized spacial score (nSPS) is 36.2. The molecule has 1 amide bonds. The predicted molar refractivity (Wildman–Crippen MR) is 111 cm³/mol. The van der Waals surface area contributed by atoms with Gasteiger partial charge in [0.1, 0.15) is 0 Å². The highest BCUT2D eigenvalue weighted by molar-refractivity contribution is 5.98. The number of aliphatic hydroxyl groups is 1. The largest absolute Gasteiger partial charge is 0.385 e. The van der Waals surface area contributed by atoms with Gasteiger partial charge in [-0.2, -0.15) is 0 Å². The van der Waals surface area contributed by atoms with Crippen molar-refractivity contribution in [3.8, 4) is 0 Å². The van der Waals surface area contributed by atoms with Crippen molar-refractivity contribution in [2.75, 3.05) is 0 Å². The molecule has 150 valence electrons. The highest BCUT2D eigenvalue weighted by Gasteiger charge is 2.53. The number of benzene rings is 1. The Labute approximate surface area is 167 Å². The van der Waals surface area contributed by atoms with E-state index in [-0.39, 0.29) is 5.41 Å². The first kappa shape index (κ1) is 19.4. The van der Waals surface area contributed by atoms with Gasteiger partial charge < -0.3 is 15.6 Å². The van der Waals surface area contributed by atoms with Crippen LogP contribution in [0.4, 0.5) is 0 Å². The number of carbonyl (C=O) groups is 1. The van der Waals surface area contributed by atoms with Crippen LogP contribution in [-0.2, 0) is 10.3 Å². The van der Waals surface area contributed by atoms with Gasteiger partial charge in [0.25, 0.3) is 0 Å². The lowest BCUT2D eigenvalue weighted by molar-refractivity contribution is -0.186. The Balaban J connectivity index is 1.76. The third-order valence-electron chi connectivity index (χ3n) is 6.68. The fraction of sp³-hybridized carbons (Fsp3) is 0.542. The van der Waals surface area contributed by atoms with Crippen molar-refractivity contribution in [2.24, 2.45) is 11.1 Å². The van der Waals surface area contributed by atoms with Gasteiger partial charge in [-0.15, -0.1) is 0 Å². The van der Waals surface area contributed by atoms with E-state index in [9.17, 15) is 9.90 Å². The maximum absolute atomic E-state index is 12.1. The van der Waals surface area contributed by atoms with E-state index in [0.717, 1.165) is 36.0 Å². The van der Waals surface area contributed by atoms with E-state index in [4.69, 9.17) is 10.5 Å². The lowest BCUT2D eigenvalue weighted by Crippen LogP contribution is -2.49. The first-order chi connectivity index (χ1) is 12.9. The van der Waals surface area contributed by atoms with Gasteiger partial charge >= 0.3 is 0 Å². The topological polar surface area (TPSA) is 72.6 Å². The minimum Gasteiger partial charge on any atom is -0.385 e. The van der Waals surface area contributed by atoms with Gasteiger partial charge in [-0.05, 0) is 67.4 Å². The Kier molecular flexibility index (Phi) is 4.19. The summed E-state index contributed by atoms with van der Waals surface area (Å²) in [6, 6.07) is 5.62. The van der Waals surface area contributed by atoms with Crippen LogP contribution in [0.25, 0.3) is 5.57 Å². The number of primary amides is 1.